The van der Waals surface area contributed by atoms with Crippen LogP contribution in [0.2, 0.25) is 0 Å². The Morgan fingerprint density at radius 3 is 2.35 bits per heavy atom. The molecule has 1 saturated carbocycles. The monoisotopic (exact) mass is 382 g/mol. The Morgan fingerprint density at radius 1 is 1.27 bits per heavy atom. The Hall–Kier alpha value is -1.50. The van der Waals surface area contributed by atoms with E-state index in [1.54, 1.807) is 11.7 Å². The SMILES string of the molecule is Cn1nc(C(C)(C)C)cc1CC(=O)C(C)(C)S(=O)(=O)C[C@@H]1CCC(=O)C1. The molecule has 6 nitrogen and oxygen atoms in total. The van der Waals surface area contributed by atoms with E-state index < -0.39 is 14.6 Å². The number of carbonyl (C=O) groups excluding carboxylic acids is 2. The third-order valence-electron chi connectivity index (χ3n) is 5.34. The van der Waals surface area contributed by atoms with Crippen molar-refractivity contribution in [3.05, 3.63) is 17.5 Å². The predicted molar refractivity (Wildman–Crippen MR) is 101 cm³/mol. The number of Topliss-reactive ketones (excluding diaryl/α,β-unsaturated/α-hetero) is 2. The third-order valence-corrected chi connectivity index (χ3v) is 8.03. The van der Waals surface area contributed by atoms with Crippen molar-refractivity contribution in [2.24, 2.45) is 13.0 Å². The van der Waals surface area contributed by atoms with Crippen molar-refractivity contribution in [2.45, 2.75) is 70.5 Å². The van der Waals surface area contributed by atoms with Crippen LogP contribution in [0.15, 0.2) is 6.07 Å². The van der Waals surface area contributed by atoms with Crippen molar-refractivity contribution >= 4 is 21.4 Å². The molecular weight excluding hydrogens is 352 g/mol. The summed E-state index contributed by atoms with van der Waals surface area (Å²) in [6, 6.07) is 1.87. The zero-order valence-electron chi connectivity index (χ0n) is 16.6. The molecule has 1 aromatic heterocycles. The molecule has 0 bridgehead atoms. The van der Waals surface area contributed by atoms with Gasteiger partial charge in [0.2, 0.25) is 0 Å². The zero-order valence-corrected chi connectivity index (χ0v) is 17.4. The fourth-order valence-electron chi connectivity index (χ4n) is 3.14. The van der Waals surface area contributed by atoms with E-state index in [2.05, 4.69) is 5.10 Å². The van der Waals surface area contributed by atoms with Gasteiger partial charge in [0.25, 0.3) is 0 Å². The predicted octanol–water partition coefficient (Wildman–Crippen LogP) is 2.39. The van der Waals surface area contributed by atoms with E-state index in [4.69, 9.17) is 0 Å². The molecule has 0 radical (unpaired) electrons. The number of nitrogens with zero attached hydrogens (tertiary/aromatic N) is 2. The molecule has 7 heteroatoms. The zero-order chi connectivity index (χ0) is 19.9. The smallest absolute Gasteiger partial charge is 0.162 e. The van der Waals surface area contributed by atoms with E-state index in [-0.39, 0.29) is 35.1 Å². The molecule has 1 aliphatic carbocycles. The van der Waals surface area contributed by atoms with Crippen molar-refractivity contribution in [1.29, 1.82) is 0 Å². The van der Waals surface area contributed by atoms with Crippen LogP contribution in [-0.2, 0) is 38.3 Å². The first-order valence-corrected chi connectivity index (χ1v) is 10.7. The molecule has 1 atom stereocenters. The van der Waals surface area contributed by atoms with E-state index >= 15 is 0 Å². The third kappa shape index (κ3) is 4.24. The molecule has 0 spiro atoms. The summed E-state index contributed by atoms with van der Waals surface area (Å²) in [5, 5.41) is 4.45. The maximum absolute atomic E-state index is 12.8. The molecule has 26 heavy (non-hydrogen) atoms. The van der Waals surface area contributed by atoms with Gasteiger partial charge in [-0.1, -0.05) is 20.8 Å². The van der Waals surface area contributed by atoms with Crippen molar-refractivity contribution in [1.82, 2.24) is 9.78 Å². The van der Waals surface area contributed by atoms with Gasteiger partial charge in [-0.25, -0.2) is 8.42 Å². The van der Waals surface area contributed by atoms with E-state index in [1.807, 2.05) is 26.8 Å². The molecular formula is C19H30N2O4S. The molecule has 146 valence electrons. The van der Waals surface area contributed by atoms with Gasteiger partial charge < -0.3 is 0 Å². The normalized spacial score (nSPS) is 19.2. The van der Waals surface area contributed by atoms with Gasteiger partial charge in [-0.05, 0) is 32.3 Å². The number of carbonyl (C=O) groups is 2. The molecule has 1 aliphatic rings. The molecule has 2 rings (SSSR count). The highest BCUT2D eigenvalue weighted by atomic mass is 32.2. The van der Waals surface area contributed by atoms with E-state index in [9.17, 15) is 18.0 Å². The first-order chi connectivity index (χ1) is 11.7. The highest BCUT2D eigenvalue weighted by Gasteiger charge is 2.43. The van der Waals surface area contributed by atoms with E-state index in [1.165, 1.54) is 13.8 Å². The highest BCUT2D eigenvalue weighted by Crippen LogP contribution is 2.29. The number of ketones is 2. The summed E-state index contributed by atoms with van der Waals surface area (Å²) in [5.41, 5.74) is 1.43. The average Bonchev–Trinajstić information content (AvgIpc) is 3.04. The van der Waals surface area contributed by atoms with Crippen molar-refractivity contribution in [3.63, 3.8) is 0 Å². The van der Waals surface area contributed by atoms with Gasteiger partial charge in [0.1, 0.15) is 10.5 Å². The number of sulfone groups is 1. The Balaban J connectivity index is 2.17. The topological polar surface area (TPSA) is 86.1 Å². The van der Waals surface area contributed by atoms with Crippen LogP contribution >= 0.6 is 0 Å². The maximum atomic E-state index is 12.8. The van der Waals surface area contributed by atoms with Gasteiger partial charge in [0.15, 0.2) is 15.6 Å². The Labute approximate surface area is 156 Å². The molecule has 0 saturated heterocycles. The Morgan fingerprint density at radius 2 is 1.88 bits per heavy atom. The minimum absolute atomic E-state index is 0.0232. The number of hydrogen-bond donors (Lipinski definition) is 0. The molecule has 0 N–H and O–H groups in total. The standard InChI is InChI=1S/C19H30N2O4S/c1-18(2,3)16-10-14(21(6)20-16)11-17(23)19(4,5)26(24,25)12-13-7-8-15(22)9-13/h10,13H,7-9,11-12H2,1-6H3/t13-/m1/s1. The molecule has 1 aromatic rings. The van der Waals surface area contributed by atoms with Gasteiger partial charge in [-0.15, -0.1) is 0 Å². The minimum atomic E-state index is -3.65. The van der Waals surface area contributed by atoms with Crippen LogP contribution < -0.4 is 0 Å². The van der Waals surface area contributed by atoms with Crippen molar-refractivity contribution in [3.8, 4) is 0 Å². The molecule has 1 heterocycles. The lowest BCUT2D eigenvalue weighted by Crippen LogP contribution is -2.44. The summed E-state index contributed by atoms with van der Waals surface area (Å²) >= 11 is 0. The lowest BCUT2D eigenvalue weighted by Gasteiger charge is -2.25. The van der Waals surface area contributed by atoms with Gasteiger partial charge in [-0.2, -0.15) is 5.10 Å². The van der Waals surface area contributed by atoms with Crippen LogP contribution in [0.3, 0.4) is 0 Å². The summed E-state index contributed by atoms with van der Waals surface area (Å²) in [5.74, 6) is -0.496. The minimum Gasteiger partial charge on any atom is -0.300 e. The number of aryl methyl sites for hydroxylation is 1. The Bertz CT molecular complexity index is 813. The second-order valence-corrected chi connectivity index (χ2v) is 11.5. The second kappa shape index (κ2) is 6.91. The van der Waals surface area contributed by atoms with Crippen LogP contribution in [0.4, 0.5) is 0 Å². The average molecular weight is 383 g/mol. The summed E-state index contributed by atoms with van der Waals surface area (Å²) in [6.07, 6.45) is 1.37. The number of aromatic nitrogens is 2. The van der Waals surface area contributed by atoms with Gasteiger partial charge in [0, 0.05) is 31.0 Å². The van der Waals surface area contributed by atoms with Crippen LogP contribution in [0.25, 0.3) is 0 Å². The lowest BCUT2D eigenvalue weighted by molar-refractivity contribution is -0.120. The summed E-state index contributed by atoms with van der Waals surface area (Å²) in [6.45, 7) is 9.07. The van der Waals surface area contributed by atoms with E-state index in [0.29, 0.717) is 25.0 Å². The number of rotatable bonds is 6. The fraction of sp³-hybridized carbons (Fsp3) is 0.737. The Kier molecular flexibility index (Phi) is 5.53. The van der Waals surface area contributed by atoms with Gasteiger partial charge in [0.05, 0.1) is 17.9 Å². The molecule has 0 unspecified atom stereocenters. The van der Waals surface area contributed by atoms with Crippen molar-refractivity contribution < 1.29 is 18.0 Å². The summed E-state index contributed by atoms with van der Waals surface area (Å²) in [4.78, 5) is 24.3. The van der Waals surface area contributed by atoms with Crippen LogP contribution in [-0.4, -0.2) is 40.3 Å². The molecule has 0 aromatic carbocycles. The summed E-state index contributed by atoms with van der Waals surface area (Å²) in [7, 11) is -1.88. The first kappa shape index (κ1) is 20.8. The van der Waals surface area contributed by atoms with Crippen LogP contribution in [0, 0.1) is 5.92 Å². The lowest BCUT2D eigenvalue weighted by atomic mass is 9.92. The maximum Gasteiger partial charge on any atom is 0.162 e. The van der Waals surface area contributed by atoms with Crippen LogP contribution in [0.5, 0.6) is 0 Å². The fourth-order valence-corrected chi connectivity index (χ4v) is 4.88. The molecule has 1 fully saturated rings. The second-order valence-electron chi connectivity index (χ2n) is 8.93. The summed E-state index contributed by atoms with van der Waals surface area (Å²) < 4.78 is 25.9. The molecule has 0 amide bonds. The number of hydrogen-bond acceptors (Lipinski definition) is 5. The van der Waals surface area contributed by atoms with E-state index in [0.717, 1.165) is 5.69 Å². The van der Waals surface area contributed by atoms with Gasteiger partial charge >= 0.3 is 0 Å². The van der Waals surface area contributed by atoms with Crippen molar-refractivity contribution in [2.75, 3.05) is 5.75 Å². The molecule has 0 aliphatic heterocycles. The first-order valence-electron chi connectivity index (χ1n) is 9.05. The highest BCUT2D eigenvalue weighted by molar-refractivity contribution is 7.93. The quantitative estimate of drug-likeness (QED) is 0.754. The largest absolute Gasteiger partial charge is 0.300 e. The van der Waals surface area contributed by atoms with Crippen LogP contribution in [0.1, 0.15) is 65.3 Å². The van der Waals surface area contributed by atoms with Gasteiger partial charge in [-0.3, -0.25) is 14.3 Å².